The van der Waals surface area contributed by atoms with Crippen molar-refractivity contribution in [1.29, 1.82) is 0 Å². The molecule has 1 aromatic rings. The number of hydrogen-bond acceptors (Lipinski definition) is 2. The fraction of sp³-hybridized carbons (Fsp3) is 0.588. The first kappa shape index (κ1) is 15.0. The Kier molecular flexibility index (Phi) is 4.81. The molecule has 0 radical (unpaired) electrons. The number of carbonyl (C=O) groups excluding carboxylic acids is 1. The Morgan fingerprint density at radius 1 is 1.25 bits per heavy atom. The maximum Gasteiger partial charge on any atom is 0.230 e. The van der Waals surface area contributed by atoms with Crippen molar-refractivity contribution in [1.82, 2.24) is 5.32 Å². The molecular weight excluding hydrogens is 248 g/mol. The van der Waals surface area contributed by atoms with Crippen LogP contribution in [-0.4, -0.2) is 18.5 Å². The molecule has 1 aromatic carbocycles. The Balaban J connectivity index is 1.93. The lowest BCUT2D eigenvalue weighted by Gasteiger charge is -2.23. The summed E-state index contributed by atoms with van der Waals surface area (Å²) in [4.78, 5) is 12.5. The first-order chi connectivity index (χ1) is 9.64. The van der Waals surface area contributed by atoms with E-state index in [9.17, 15) is 4.79 Å². The molecule has 2 rings (SSSR count). The lowest BCUT2D eigenvalue weighted by Crippen LogP contribution is -2.45. The minimum atomic E-state index is -0.283. The summed E-state index contributed by atoms with van der Waals surface area (Å²) in [5.74, 6) is 0.632. The van der Waals surface area contributed by atoms with Gasteiger partial charge >= 0.3 is 0 Å². The molecule has 1 atom stereocenters. The fourth-order valence-electron chi connectivity index (χ4n) is 2.97. The summed E-state index contributed by atoms with van der Waals surface area (Å²) in [5.41, 5.74) is 7.03. The number of rotatable bonds is 7. The molecule has 1 aliphatic rings. The monoisotopic (exact) mass is 274 g/mol. The molecule has 1 fully saturated rings. The van der Waals surface area contributed by atoms with E-state index < -0.39 is 0 Å². The highest BCUT2D eigenvalue weighted by atomic mass is 16.2. The highest BCUT2D eigenvalue weighted by molar-refractivity contribution is 5.91. The summed E-state index contributed by atoms with van der Waals surface area (Å²) >= 11 is 0. The van der Waals surface area contributed by atoms with E-state index in [2.05, 4.69) is 19.2 Å². The Labute approximate surface area is 121 Å². The smallest absolute Gasteiger partial charge is 0.230 e. The van der Waals surface area contributed by atoms with Crippen LogP contribution in [0.15, 0.2) is 30.3 Å². The van der Waals surface area contributed by atoms with Gasteiger partial charge in [0.15, 0.2) is 0 Å². The minimum Gasteiger partial charge on any atom is -0.354 e. The highest BCUT2D eigenvalue weighted by Gasteiger charge is 2.51. The van der Waals surface area contributed by atoms with Crippen LogP contribution in [0, 0.1) is 5.92 Å². The molecule has 0 aliphatic heterocycles. The Morgan fingerprint density at radius 2 is 1.85 bits per heavy atom. The quantitative estimate of drug-likeness (QED) is 0.803. The average molecular weight is 274 g/mol. The second-order valence-corrected chi connectivity index (χ2v) is 5.90. The van der Waals surface area contributed by atoms with Crippen molar-refractivity contribution >= 4 is 5.91 Å². The van der Waals surface area contributed by atoms with Gasteiger partial charge in [0, 0.05) is 12.6 Å². The molecular formula is C17H26N2O. The zero-order valence-electron chi connectivity index (χ0n) is 12.6. The van der Waals surface area contributed by atoms with Crippen molar-refractivity contribution in [2.75, 3.05) is 6.54 Å². The van der Waals surface area contributed by atoms with Crippen LogP contribution in [0.5, 0.6) is 0 Å². The second kappa shape index (κ2) is 6.40. The van der Waals surface area contributed by atoms with Crippen molar-refractivity contribution in [3.63, 3.8) is 0 Å². The molecule has 3 heteroatoms. The normalized spacial score (nSPS) is 17.8. The third kappa shape index (κ3) is 3.04. The van der Waals surface area contributed by atoms with Crippen molar-refractivity contribution in [2.45, 2.75) is 51.0 Å². The van der Waals surface area contributed by atoms with Crippen molar-refractivity contribution in [3.8, 4) is 0 Å². The molecule has 3 N–H and O–H groups in total. The predicted octanol–water partition coefficient (Wildman–Crippen LogP) is 2.60. The van der Waals surface area contributed by atoms with Crippen LogP contribution in [0.2, 0.25) is 0 Å². The SMILES string of the molecule is CCC(CC)C(N)CNC(=O)C1(c2ccccc2)CC1. The van der Waals surface area contributed by atoms with Crippen molar-refractivity contribution < 1.29 is 4.79 Å². The van der Waals surface area contributed by atoms with Crippen LogP contribution >= 0.6 is 0 Å². The van der Waals surface area contributed by atoms with Crippen LogP contribution in [-0.2, 0) is 10.2 Å². The van der Waals surface area contributed by atoms with E-state index in [-0.39, 0.29) is 17.4 Å². The fourth-order valence-corrected chi connectivity index (χ4v) is 2.97. The van der Waals surface area contributed by atoms with Gasteiger partial charge in [-0.2, -0.15) is 0 Å². The largest absolute Gasteiger partial charge is 0.354 e. The van der Waals surface area contributed by atoms with Crippen molar-refractivity contribution in [2.24, 2.45) is 11.7 Å². The molecule has 0 bridgehead atoms. The van der Waals surface area contributed by atoms with Gasteiger partial charge < -0.3 is 11.1 Å². The maximum atomic E-state index is 12.5. The van der Waals surface area contributed by atoms with Gasteiger partial charge in [0.1, 0.15) is 0 Å². The summed E-state index contributed by atoms with van der Waals surface area (Å²) in [5, 5.41) is 3.07. The van der Waals surface area contributed by atoms with Crippen LogP contribution in [0.4, 0.5) is 0 Å². The average Bonchev–Trinajstić information content (AvgIpc) is 3.28. The van der Waals surface area contributed by atoms with E-state index in [4.69, 9.17) is 5.73 Å². The van der Waals surface area contributed by atoms with Gasteiger partial charge in [0.25, 0.3) is 0 Å². The molecule has 110 valence electrons. The van der Waals surface area contributed by atoms with Crippen molar-refractivity contribution in [3.05, 3.63) is 35.9 Å². The molecule has 0 aromatic heterocycles. The van der Waals surface area contributed by atoms with Gasteiger partial charge in [0.2, 0.25) is 5.91 Å². The molecule has 0 spiro atoms. The van der Waals surface area contributed by atoms with Crippen LogP contribution in [0.1, 0.15) is 45.1 Å². The van der Waals surface area contributed by atoms with E-state index in [0.717, 1.165) is 31.2 Å². The lowest BCUT2D eigenvalue weighted by atomic mass is 9.93. The van der Waals surface area contributed by atoms with Crippen LogP contribution in [0.3, 0.4) is 0 Å². The Bertz CT molecular complexity index is 436. The van der Waals surface area contributed by atoms with Crippen LogP contribution in [0.25, 0.3) is 0 Å². The van der Waals surface area contributed by atoms with Crippen LogP contribution < -0.4 is 11.1 Å². The zero-order valence-corrected chi connectivity index (χ0v) is 12.6. The Hall–Kier alpha value is -1.35. The number of hydrogen-bond donors (Lipinski definition) is 2. The maximum absolute atomic E-state index is 12.5. The van der Waals surface area contributed by atoms with Gasteiger partial charge in [-0.3, -0.25) is 4.79 Å². The number of carbonyl (C=O) groups is 1. The van der Waals surface area contributed by atoms with Gasteiger partial charge in [-0.05, 0) is 24.3 Å². The van der Waals surface area contributed by atoms with Gasteiger partial charge in [-0.25, -0.2) is 0 Å². The number of nitrogens with two attached hydrogens (primary N) is 1. The third-order valence-corrected chi connectivity index (χ3v) is 4.66. The molecule has 0 heterocycles. The third-order valence-electron chi connectivity index (χ3n) is 4.66. The summed E-state index contributed by atoms with van der Waals surface area (Å²) in [6.07, 6.45) is 4.03. The molecule has 0 saturated heterocycles. The van der Waals surface area contributed by atoms with Gasteiger partial charge in [-0.1, -0.05) is 57.0 Å². The number of amides is 1. The molecule has 1 unspecified atom stereocenters. The lowest BCUT2D eigenvalue weighted by molar-refractivity contribution is -0.123. The topological polar surface area (TPSA) is 55.1 Å². The molecule has 3 nitrogen and oxygen atoms in total. The van der Waals surface area contributed by atoms with Gasteiger partial charge in [-0.15, -0.1) is 0 Å². The minimum absolute atomic E-state index is 0.0560. The molecule has 1 saturated carbocycles. The second-order valence-electron chi connectivity index (χ2n) is 5.90. The molecule has 1 aliphatic carbocycles. The summed E-state index contributed by atoms with van der Waals surface area (Å²) < 4.78 is 0. The summed E-state index contributed by atoms with van der Waals surface area (Å²) in [7, 11) is 0. The standard InChI is InChI=1S/C17H26N2O/c1-3-13(4-2)15(18)12-19-16(20)17(10-11-17)14-8-6-5-7-9-14/h5-9,13,15H,3-4,10-12,18H2,1-2H3,(H,19,20). The van der Waals surface area contributed by atoms with E-state index in [1.165, 1.54) is 0 Å². The van der Waals surface area contributed by atoms with Gasteiger partial charge in [0.05, 0.1) is 5.41 Å². The Morgan fingerprint density at radius 3 is 2.35 bits per heavy atom. The van der Waals surface area contributed by atoms with E-state index in [0.29, 0.717) is 12.5 Å². The molecule has 1 amide bonds. The first-order valence-corrected chi connectivity index (χ1v) is 7.73. The zero-order chi connectivity index (χ0) is 14.6. The van der Waals surface area contributed by atoms with E-state index in [1.807, 2.05) is 30.3 Å². The summed E-state index contributed by atoms with van der Waals surface area (Å²) in [6, 6.07) is 10.1. The van der Waals surface area contributed by atoms with E-state index >= 15 is 0 Å². The first-order valence-electron chi connectivity index (χ1n) is 7.73. The molecule has 20 heavy (non-hydrogen) atoms. The summed E-state index contributed by atoms with van der Waals surface area (Å²) in [6.45, 7) is 4.89. The predicted molar refractivity (Wildman–Crippen MR) is 82.4 cm³/mol. The van der Waals surface area contributed by atoms with E-state index in [1.54, 1.807) is 0 Å². The number of benzene rings is 1. The number of nitrogens with one attached hydrogen (secondary N) is 1. The highest BCUT2D eigenvalue weighted by Crippen LogP contribution is 2.48.